The van der Waals surface area contributed by atoms with Gasteiger partial charge in [0.05, 0.1) is 0 Å². The first-order valence-corrected chi connectivity index (χ1v) is 5.68. The van der Waals surface area contributed by atoms with Crippen LogP contribution in [0.4, 0.5) is 0 Å². The van der Waals surface area contributed by atoms with E-state index in [1.165, 1.54) is 26.0 Å². The maximum absolute atomic E-state index is 11.6. The van der Waals surface area contributed by atoms with Gasteiger partial charge >= 0.3 is 5.63 Å². The summed E-state index contributed by atoms with van der Waals surface area (Å²) in [6.07, 6.45) is 0. The van der Waals surface area contributed by atoms with Crippen LogP contribution in [0.5, 0.6) is 5.75 Å². The normalized spacial score (nSPS) is 10.4. The minimum Gasteiger partial charge on any atom is -0.486 e. The molecule has 2 aromatic rings. The molecule has 0 unspecified atom stereocenters. The maximum atomic E-state index is 11.6. The van der Waals surface area contributed by atoms with E-state index in [9.17, 15) is 14.4 Å². The number of fused-ring (bicyclic) bond motifs is 1. The standard InChI is InChI=1S/C14H12O5/c1-8(15)7-18-11-4-3-10-5-12(9(2)16)14(17)19-13(10)6-11/h3-6H,7H2,1-2H3. The molecule has 1 heterocycles. The quantitative estimate of drug-likeness (QED) is 0.620. The van der Waals surface area contributed by atoms with Crippen molar-refractivity contribution in [3.63, 3.8) is 0 Å². The fourth-order valence-corrected chi connectivity index (χ4v) is 1.61. The van der Waals surface area contributed by atoms with Gasteiger partial charge in [-0.25, -0.2) is 4.79 Å². The number of ketones is 2. The van der Waals surface area contributed by atoms with Crippen LogP contribution in [-0.4, -0.2) is 18.2 Å². The van der Waals surface area contributed by atoms with Gasteiger partial charge in [0.2, 0.25) is 0 Å². The summed E-state index contributed by atoms with van der Waals surface area (Å²) in [6.45, 7) is 2.68. The van der Waals surface area contributed by atoms with Gasteiger partial charge in [0.1, 0.15) is 23.5 Å². The Morgan fingerprint density at radius 1 is 1.21 bits per heavy atom. The van der Waals surface area contributed by atoms with Crippen LogP contribution in [0.25, 0.3) is 11.0 Å². The van der Waals surface area contributed by atoms with Crippen LogP contribution >= 0.6 is 0 Å². The Bertz CT molecular complexity index is 711. The van der Waals surface area contributed by atoms with Crippen LogP contribution in [0.2, 0.25) is 0 Å². The number of carbonyl (C=O) groups is 2. The first kappa shape index (κ1) is 13.0. The van der Waals surface area contributed by atoms with E-state index in [0.29, 0.717) is 16.7 Å². The van der Waals surface area contributed by atoms with Gasteiger partial charge in [-0.15, -0.1) is 0 Å². The Labute approximate surface area is 108 Å². The van der Waals surface area contributed by atoms with Crippen LogP contribution < -0.4 is 10.4 Å². The summed E-state index contributed by atoms with van der Waals surface area (Å²) in [5.41, 5.74) is -0.343. The van der Waals surface area contributed by atoms with Gasteiger partial charge in [-0.05, 0) is 32.0 Å². The number of benzene rings is 1. The second kappa shape index (κ2) is 5.06. The average molecular weight is 260 g/mol. The number of rotatable bonds is 4. The highest BCUT2D eigenvalue weighted by Gasteiger charge is 2.10. The van der Waals surface area contributed by atoms with E-state index in [1.807, 2.05) is 0 Å². The first-order chi connectivity index (χ1) is 8.97. The summed E-state index contributed by atoms with van der Waals surface area (Å²) < 4.78 is 10.3. The van der Waals surface area contributed by atoms with Crippen molar-refractivity contribution in [2.75, 3.05) is 6.61 Å². The molecule has 0 aliphatic heterocycles. The van der Waals surface area contributed by atoms with Crippen molar-refractivity contribution >= 4 is 22.5 Å². The smallest absolute Gasteiger partial charge is 0.347 e. The van der Waals surface area contributed by atoms with Gasteiger partial charge in [-0.1, -0.05) is 0 Å². The van der Waals surface area contributed by atoms with Crippen LogP contribution in [0.15, 0.2) is 33.5 Å². The topological polar surface area (TPSA) is 73.6 Å². The summed E-state index contributed by atoms with van der Waals surface area (Å²) in [7, 11) is 0. The molecule has 19 heavy (non-hydrogen) atoms. The number of hydrogen-bond acceptors (Lipinski definition) is 5. The SMILES string of the molecule is CC(=O)COc1ccc2cc(C(C)=O)c(=O)oc2c1. The fourth-order valence-electron chi connectivity index (χ4n) is 1.61. The highest BCUT2D eigenvalue weighted by Crippen LogP contribution is 2.20. The molecule has 0 spiro atoms. The molecule has 2 rings (SSSR count). The van der Waals surface area contributed by atoms with Crippen molar-refractivity contribution in [2.45, 2.75) is 13.8 Å². The van der Waals surface area contributed by atoms with Gasteiger partial charge in [0, 0.05) is 11.5 Å². The van der Waals surface area contributed by atoms with Crippen LogP contribution in [0.3, 0.4) is 0 Å². The van der Waals surface area contributed by atoms with Crippen molar-refractivity contribution in [1.82, 2.24) is 0 Å². The average Bonchev–Trinajstić information content (AvgIpc) is 2.34. The zero-order chi connectivity index (χ0) is 14.0. The van der Waals surface area contributed by atoms with Crippen molar-refractivity contribution in [3.05, 3.63) is 40.2 Å². The molecule has 0 aliphatic rings. The van der Waals surface area contributed by atoms with Crippen molar-refractivity contribution in [1.29, 1.82) is 0 Å². The van der Waals surface area contributed by atoms with Crippen LogP contribution in [0, 0.1) is 0 Å². The monoisotopic (exact) mass is 260 g/mol. The zero-order valence-electron chi connectivity index (χ0n) is 10.6. The molecular formula is C14H12O5. The van der Waals surface area contributed by atoms with E-state index in [4.69, 9.17) is 9.15 Å². The lowest BCUT2D eigenvalue weighted by atomic mass is 10.1. The van der Waals surface area contributed by atoms with Gasteiger partial charge in [0.25, 0.3) is 0 Å². The molecule has 0 N–H and O–H groups in total. The number of carbonyl (C=O) groups excluding carboxylic acids is 2. The van der Waals surface area contributed by atoms with E-state index in [0.717, 1.165) is 0 Å². The second-order valence-corrected chi connectivity index (χ2v) is 4.19. The van der Waals surface area contributed by atoms with E-state index >= 15 is 0 Å². The number of ether oxygens (including phenoxy) is 1. The molecule has 0 fully saturated rings. The fraction of sp³-hybridized carbons (Fsp3) is 0.214. The molecule has 0 saturated carbocycles. The number of Topliss-reactive ketones (excluding diaryl/α,β-unsaturated/α-hetero) is 2. The van der Waals surface area contributed by atoms with Crippen LogP contribution in [0.1, 0.15) is 24.2 Å². The Morgan fingerprint density at radius 2 is 1.95 bits per heavy atom. The largest absolute Gasteiger partial charge is 0.486 e. The molecule has 1 aromatic heterocycles. The molecule has 0 atom stereocenters. The summed E-state index contributed by atoms with van der Waals surface area (Å²) in [5.74, 6) is -0.0116. The lowest BCUT2D eigenvalue weighted by Gasteiger charge is -2.05. The van der Waals surface area contributed by atoms with Crippen molar-refractivity contribution in [3.8, 4) is 5.75 Å². The molecule has 0 radical (unpaired) electrons. The summed E-state index contributed by atoms with van der Waals surface area (Å²) in [4.78, 5) is 33.6. The highest BCUT2D eigenvalue weighted by molar-refractivity contribution is 5.96. The van der Waals surface area contributed by atoms with E-state index < -0.39 is 5.63 Å². The predicted octanol–water partition coefficient (Wildman–Crippen LogP) is 1.96. The summed E-state index contributed by atoms with van der Waals surface area (Å²) >= 11 is 0. The third-order valence-corrected chi connectivity index (χ3v) is 2.53. The molecule has 0 bridgehead atoms. The first-order valence-electron chi connectivity index (χ1n) is 5.68. The van der Waals surface area contributed by atoms with E-state index in [-0.39, 0.29) is 23.7 Å². The second-order valence-electron chi connectivity index (χ2n) is 4.19. The Balaban J connectivity index is 2.44. The Morgan fingerprint density at radius 3 is 2.58 bits per heavy atom. The maximum Gasteiger partial charge on any atom is 0.347 e. The predicted molar refractivity (Wildman–Crippen MR) is 68.7 cm³/mol. The Hall–Kier alpha value is -2.43. The molecule has 1 aromatic carbocycles. The third-order valence-electron chi connectivity index (χ3n) is 2.53. The van der Waals surface area contributed by atoms with Crippen LogP contribution in [-0.2, 0) is 4.79 Å². The van der Waals surface area contributed by atoms with E-state index in [1.54, 1.807) is 12.1 Å². The Kier molecular flexibility index (Phi) is 3.46. The molecular weight excluding hydrogens is 248 g/mol. The van der Waals surface area contributed by atoms with Gasteiger partial charge in [0.15, 0.2) is 11.6 Å². The highest BCUT2D eigenvalue weighted by atomic mass is 16.5. The minimum absolute atomic E-state index is 0.0184. The number of hydrogen-bond donors (Lipinski definition) is 0. The third kappa shape index (κ3) is 2.88. The lowest BCUT2D eigenvalue weighted by molar-refractivity contribution is -0.118. The molecule has 0 saturated heterocycles. The van der Waals surface area contributed by atoms with Crippen molar-refractivity contribution in [2.24, 2.45) is 0 Å². The molecule has 5 heteroatoms. The van der Waals surface area contributed by atoms with E-state index in [2.05, 4.69) is 0 Å². The molecule has 0 aliphatic carbocycles. The molecule has 98 valence electrons. The summed E-state index contributed by atoms with van der Waals surface area (Å²) in [5, 5.41) is 0.625. The lowest BCUT2D eigenvalue weighted by Crippen LogP contribution is -2.11. The van der Waals surface area contributed by atoms with Gasteiger partial charge in [-0.3, -0.25) is 9.59 Å². The molecule has 0 amide bonds. The minimum atomic E-state index is -0.677. The summed E-state index contributed by atoms with van der Waals surface area (Å²) in [6, 6.07) is 6.32. The molecule has 5 nitrogen and oxygen atoms in total. The van der Waals surface area contributed by atoms with Gasteiger partial charge in [-0.2, -0.15) is 0 Å². The van der Waals surface area contributed by atoms with Crippen molar-refractivity contribution < 1.29 is 18.7 Å². The van der Waals surface area contributed by atoms with Gasteiger partial charge < -0.3 is 9.15 Å². The zero-order valence-corrected chi connectivity index (χ0v) is 10.6.